The quantitative estimate of drug-likeness (QED) is 0.598. The van der Waals surface area contributed by atoms with Gasteiger partial charge in [-0.15, -0.1) is 0 Å². The van der Waals surface area contributed by atoms with Gasteiger partial charge in [-0.25, -0.2) is 0 Å². The highest BCUT2D eigenvalue weighted by molar-refractivity contribution is 5.96. The summed E-state index contributed by atoms with van der Waals surface area (Å²) < 4.78 is 16.6. The lowest BCUT2D eigenvalue weighted by molar-refractivity contribution is -0.172. The molecule has 0 saturated carbocycles. The maximum absolute atomic E-state index is 13.9. The van der Waals surface area contributed by atoms with E-state index in [4.69, 9.17) is 13.9 Å². The molecule has 170 valence electrons. The molecule has 0 bridgehead atoms. The summed E-state index contributed by atoms with van der Waals surface area (Å²) in [6.07, 6.45) is 6.33. The number of carbonyl (C=O) groups excluding carboxylic acids is 2. The Morgan fingerprint density at radius 1 is 1.24 bits per heavy atom. The number of nitrogens with zero attached hydrogens (tertiary/aromatic N) is 3. The first-order valence-electron chi connectivity index (χ1n) is 10.9. The van der Waals surface area contributed by atoms with Gasteiger partial charge in [-0.3, -0.25) is 14.6 Å². The molecule has 33 heavy (non-hydrogen) atoms. The SMILES string of the molecule is COc1ccc(CN2CCO[C@]3(CN(C(=O)c4ccoc4)C[C@@H]3c3cccnc3)C2=O)cc1. The van der Waals surface area contributed by atoms with Gasteiger partial charge in [-0.2, -0.15) is 0 Å². The monoisotopic (exact) mass is 447 g/mol. The number of carbonyl (C=O) groups is 2. The summed E-state index contributed by atoms with van der Waals surface area (Å²) in [5.41, 5.74) is 1.17. The van der Waals surface area contributed by atoms with Crippen molar-refractivity contribution in [2.75, 3.05) is 33.4 Å². The van der Waals surface area contributed by atoms with Gasteiger partial charge in [0.2, 0.25) is 0 Å². The third kappa shape index (κ3) is 3.87. The predicted octanol–water partition coefficient (Wildman–Crippen LogP) is 2.72. The maximum atomic E-state index is 13.9. The van der Waals surface area contributed by atoms with Crippen LogP contribution < -0.4 is 4.74 Å². The number of pyridine rings is 1. The van der Waals surface area contributed by atoms with Crippen molar-refractivity contribution in [3.05, 3.63) is 84.1 Å². The first-order valence-corrected chi connectivity index (χ1v) is 10.9. The fraction of sp³-hybridized carbons (Fsp3) is 0.320. The second kappa shape index (κ2) is 8.71. The second-order valence-corrected chi connectivity index (χ2v) is 8.35. The molecule has 2 fully saturated rings. The fourth-order valence-corrected chi connectivity index (χ4v) is 4.74. The zero-order valence-corrected chi connectivity index (χ0v) is 18.3. The van der Waals surface area contributed by atoms with Gasteiger partial charge in [0.1, 0.15) is 12.0 Å². The molecule has 8 nitrogen and oxygen atoms in total. The summed E-state index contributed by atoms with van der Waals surface area (Å²) in [7, 11) is 1.62. The van der Waals surface area contributed by atoms with Crippen LogP contribution in [0.5, 0.6) is 5.75 Å². The number of aromatic nitrogens is 1. The highest BCUT2D eigenvalue weighted by atomic mass is 16.5. The van der Waals surface area contributed by atoms with Crippen LogP contribution in [0.2, 0.25) is 0 Å². The first-order chi connectivity index (χ1) is 16.1. The van der Waals surface area contributed by atoms with E-state index in [9.17, 15) is 9.59 Å². The summed E-state index contributed by atoms with van der Waals surface area (Å²) >= 11 is 0. The lowest BCUT2D eigenvalue weighted by Crippen LogP contribution is -2.60. The van der Waals surface area contributed by atoms with E-state index in [1.165, 1.54) is 12.5 Å². The van der Waals surface area contributed by atoms with E-state index in [1.807, 2.05) is 41.3 Å². The molecule has 2 saturated heterocycles. The van der Waals surface area contributed by atoms with Crippen molar-refractivity contribution in [1.82, 2.24) is 14.8 Å². The lowest BCUT2D eigenvalue weighted by Gasteiger charge is -2.42. The van der Waals surface area contributed by atoms with E-state index in [0.717, 1.165) is 16.9 Å². The molecule has 2 atom stereocenters. The number of morpholine rings is 1. The Morgan fingerprint density at radius 2 is 2.09 bits per heavy atom. The van der Waals surface area contributed by atoms with E-state index in [2.05, 4.69) is 4.98 Å². The number of likely N-dealkylation sites (tertiary alicyclic amines) is 1. The molecule has 3 aromatic rings. The van der Waals surface area contributed by atoms with Crippen LogP contribution in [0.25, 0.3) is 0 Å². The molecule has 2 aliphatic heterocycles. The molecule has 0 unspecified atom stereocenters. The van der Waals surface area contributed by atoms with Gasteiger partial charge in [-0.05, 0) is 35.4 Å². The van der Waals surface area contributed by atoms with Crippen molar-refractivity contribution in [3.63, 3.8) is 0 Å². The molecule has 8 heteroatoms. The Morgan fingerprint density at radius 3 is 2.79 bits per heavy atom. The topological polar surface area (TPSA) is 85.1 Å². The number of hydrogen-bond acceptors (Lipinski definition) is 6. The van der Waals surface area contributed by atoms with E-state index >= 15 is 0 Å². The summed E-state index contributed by atoms with van der Waals surface area (Å²) in [5.74, 6) is 0.150. The van der Waals surface area contributed by atoms with Gasteiger partial charge in [0, 0.05) is 37.9 Å². The van der Waals surface area contributed by atoms with Crippen LogP contribution in [0.15, 0.2) is 71.8 Å². The van der Waals surface area contributed by atoms with E-state index in [-0.39, 0.29) is 24.3 Å². The highest BCUT2D eigenvalue weighted by Crippen LogP contribution is 2.42. The van der Waals surface area contributed by atoms with Crippen LogP contribution in [0, 0.1) is 0 Å². The van der Waals surface area contributed by atoms with Gasteiger partial charge in [-0.1, -0.05) is 18.2 Å². The lowest BCUT2D eigenvalue weighted by atomic mass is 9.83. The minimum absolute atomic E-state index is 0.110. The molecule has 2 aromatic heterocycles. The molecule has 2 aliphatic rings. The summed E-state index contributed by atoms with van der Waals surface area (Å²) in [6, 6.07) is 13.1. The normalized spacial score (nSPS) is 22.7. The highest BCUT2D eigenvalue weighted by Gasteiger charge is 2.58. The van der Waals surface area contributed by atoms with Crippen molar-refractivity contribution in [1.29, 1.82) is 0 Å². The molecular weight excluding hydrogens is 422 g/mol. The third-order valence-electron chi connectivity index (χ3n) is 6.44. The van der Waals surface area contributed by atoms with Crippen LogP contribution in [0.1, 0.15) is 27.4 Å². The second-order valence-electron chi connectivity index (χ2n) is 8.35. The fourth-order valence-electron chi connectivity index (χ4n) is 4.74. The predicted molar refractivity (Wildman–Crippen MR) is 119 cm³/mol. The number of ether oxygens (including phenoxy) is 2. The van der Waals surface area contributed by atoms with Crippen LogP contribution in [0.3, 0.4) is 0 Å². The van der Waals surface area contributed by atoms with Gasteiger partial charge < -0.3 is 23.7 Å². The molecule has 0 aliphatic carbocycles. The van der Waals surface area contributed by atoms with E-state index in [0.29, 0.717) is 31.8 Å². The Hall–Kier alpha value is -3.65. The molecule has 1 spiro atoms. The average Bonchev–Trinajstić information content (AvgIpc) is 3.52. The van der Waals surface area contributed by atoms with Crippen molar-refractivity contribution in [2.45, 2.75) is 18.1 Å². The third-order valence-corrected chi connectivity index (χ3v) is 6.44. The number of amides is 2. The molecule has 0 radical (unpaired) electrons. The summed E-state index contributed by atoms with van der Waals surface area (Å²) in [4.78, 5) is 34.8. The minimum atomic E-state index is -1.16. The Balaban J connectivity index is 1.45. The van der Waals surface area contributed by atoms with Crippen LogP contribution in [-0.2, 0) is 16.1 Å². The average molecular weight is 447 g/mol. The van der Waals surface area contributed by atoms with Crippen LogP contribution >= 0.6 is 0 Å². The number of hydrogen-bond donors (Lipinski definition) is 0. The van der Waals surface area contributed by atoms with Crippen molar-refractivity contribution < 1.29 is 23.5 Å². The van der Waals surface area contributed by atoms with Crippen molar-refractivity contribution in [3.8, 4) is 5.75 Å². The van der Waals surface area contributed by atoms with Crippen LogP contribution in [-0.4, -0.2) is 65.6 Å². The molecule has 1 aromatic carbocycles. The number of methoxy groups -OCH3 is 1. The van der Waals surface area contributed by atoms with Gasteiger partial charge >= 0.3 is 0 Å². The Labute approximate surface area is 191 Å². The molecule has 4 heterocycles. The van der Waals surface area contributed by atoms with Gasteiger partial charge in [0.15, 0.2) is 5.60 Å². The minimum Gasteiger partial charge on any atom is -0.497 e. The standard InChI is InChI=1S/C25H25N3O5/c1-31-21-6-4-18(5-7-21)14-27-10-12-33-25(24(27)30)17-28(23(29)20-8-11-32-16-20)15-22(25)19-3-2-9-26-13-19/h2-9,11,13,16,22H,10,12,14-15,17H2,1H3/t22-,25+/m1/s1. The number of furan rings is 1. The van der Waals surface area contributed by atoms with E-state index < -0.39 is 5.60 Å². The van der Waals surface area contributed by atoms with Gasteiger partial charge in [0.05, 0.1) is 32.1 Å². The molecule has 2 amide bonds. The largest absolute Gasteiger partial charge is 0.497 e. The first kappa shape index (κ1) is 21.2. The van der Waals surface area contributed by atoms with Crippen LogP contribution in [0.4, 0.5) is 0 Å². The zero-order valence-electron chi connectivity index (χ0n) is 18.3. The summed E-state index contributed by atoms with van der Waals surface area (Å²) in [6.45, 7) is 1.88. The Kier molecular flexibility index (Phi) is 5.60. The smallest absolute Gasteiger partial charge is 0.257 e. The summed E-state index contributed by atoms with van der Waals surface area (Å²) in [5, 5.41) is 0. The van der Waals surface area contributed by atoms with Crippen molar-refractivity contribution in [2.24, 2.45) is 0 Å². The maximum Gasteiger partial charge on any atom is 0.257 e. The number of rotatable bonds is 5. The molecular formula is C25H25N3O5. The Bertz CT molecular complexity index is 1120. The zero-order chi connectivity index (χ0) is 22.8. The van der Waals surface area contributed by atoms with Gasteiger partial charge in [0.25, 0.3) is 11.8 Å². The van der Waals surface area contributed by atoms with Crippen molar-refractivity contribution >= 4 is 11.8 Å². The molecule has 0 N–H and O–H groups in total. The molecule has 5 rings (SSSR count). The van der Waals surface area contributed by atoms with E-state index in [1.54, 1.807) is 30.5 Å². The number of benzene rings is 1.